The molecule has 0 aromatic carbocycles. The summed E-state index contributed by atoms with van der Waals surface area (Å²) in [5.41, 5.74) is 2.23. The first-order chi connectivity index (χ1) is 13.6. The molecule has 29 heavy (non-hydrogen) atoms. The van der Waals surface area contributed by atoms with Gasteiger partial charge in [-0.2, -0.15) is 5.10 Å². The van der Waals surface area contributed by atoms with Gasteiger partial charge in [-0.3, -0.25) is 9.67 Å². The molecule has 2 rings (SSSR count). The fourth-order valence-corrected chi connectivity index (χ4v) is 4.10. The maximum absolute atomic E-state index is 12.3. The minimum Gasteiger partial charge on any atom is -0.357 e. The van der Waals surface area contributed by atoms with Gasteiger partial charge in [0.15, 0.2) is 5.96 Å². The Balaban J connectivity index is 2.00. The van der Waals surface area contributed by atoms with Crippen molar-refractivity contribution in [1.29, 1.82) is 0 Å². The molecule has 0 atom stereocenters. The van der Waals surface area contributed by atoms with Gasteiger partial charge >= 0.3 is 0 Å². The lowest BCUT2D eigenvalue weighted by Gasteiger charge is -2.22. The van der Waals surface area contributed by atoms with Crippen LogP contribution in [0.15, 0.2) is 34.5 Å². The van der Waals surface area contributed by atoms with Gasteiger partial charge in [0.25, 0.3) is 0 Å². The molecule has 162 valence electrons. The largest absolute Gasteiger partial charge is 0.357 e. The van der Waals surface area contributed by atoms with Crippen molar-refractivity contribution in [3.05, 3.63) is 35.9 Å². The molecule has 2 aromatic rings. The average molecular weight is 424 g/mol. The summed E-state index contributed by atoms with van der Waals surface area (Å²) < 4.78 is 30.7. The summed E-state index contributed by atoms with van der Waals surface area (Å²) in [6, 6.07) is 1.57. The molecule has 0 aliphatic carbocycles. The van der Waals surface area contributed by atoms with Gasteiger partial charge in [0.2, 0.25) is 10.0 Å². The van der Waals surface area contributed by atoms with E-state index in [0.29, 0.717) is 19.0 Å². The number of aryl methyl sites for hydroxylation is 2. The number of sulfonamides is 1. The van der Waals surface area contributed by atoms with Crippen LogP contribution >= 0.6 is 0 Å². The first kappa shape index (κ1) is 23.0. The molecule has 10 heteroatoms. The van der Waals surface area contributed by atoms with E-state index in [-0.39, 0.29) is 11.4 Å². The lowest BCUT2D eigenvalue weighted by molar-refractivity contribution is 0.473. The van der Waals surface area contributed by atoms with Crippen molar-refractivity contribution in [1.82, 2.24) is 29.3 Å². The molecule has 0 aliphatic heterocycles. The zero-order valence-corrected chi connectivity index (χ0v) is 19.0. The second-order valence-electron chi connectivity index (χ2n) is 7.37. The molecule has 0 unspecified atom stereocenters. The summed E-state index contributed by atoms with van der Waals surface area (Å²) in [7, 11) is 2.16. The van der Waals surface area contributed by atoms with E-state index in [0.717, 1.165) is 23.8 Å². The maximum Gasteiger partial charge on any atom is 0.242 e. The molecule has 0 radical (unpaired) electrons. The standard InChI is InChI=1S/C19H33N7O2S/c1-7-20-19(25(5)12-16-13-26(6)23-18(16)15(2)3)21-9-10-22-29(27,28)17-8-11-24(4)14-17/h8,11,13-15,22H,7,9-10,12H2,1-6H3,(H,20,21). The Bertz CT molecular complexity index is 928. The summed E-state index contributed by atoms with van der Waals surface area (Å²) in [4.78, 5) is 6.85. The van der Waals surface area contributed by atoms with Gasteiger partial charge in [-0.15, -0.1) is 0 Å². The zero-order valence-electron chi connectivity index (χ0n) is 18.2. The molecule has 0 fully saturated rings. The minimum atomic E-state index is -3.52. The highest BCUT2D eigenvalue weighted by atomic mass is 32.2. The number of nitrogens with zero attached hydrogens (tertiary/aromatic N) is 5. The van der Waals surface area contributed by atoms with Gasteiger partial charge in [0, 0.05) is 64.9 Å². The predicted molar refractivity (Wildman–Crippen MR) is 115 cm³/mol. The number of hydrogen-bond donors (Lipinski definition) is 2. The van der Waals surface area contributed by atoms with Crippen molar-refractivity contribution in [3.8, 4) is 0 Å². The van der Waals surface area contributed by atoms with Crippen molar-refractivity contribution < 1.29 is 8.42 Å². The van der Waals surface area contributed by atoms with Crippen molar-refractivity contribution in [2.45, 2.75) is 38.1 Å². The summed E-state index contributed by atoms with van der Waals surface area (Å²) >= 11 is 0. The van der Waals surface area contributed by atoms with Crippen LogP contribution in [0.4, 0.5) is 0 Å². The Morgan fingerprint density at radius 2 is 2.03 bits per heavy atom. The fourth-order valence-electron chi connectivity index (χ4n) is 3.02. The van der Waals surface area contributed by atoms with Gasteiger partial charge in [0.1, 0.15) is 0 Å². The van der Waals surface area contributed by atoms with Gasteiger partial charge in [-0.25, -0.2) is 13.1 Å². The Hall–Kier alpha value is -2.33. The van der Waals surface area contributed by atoms with Crippen LogP contribution in [0.2, 0.25) is 0 Å². The molecule has 0 saturated carbocycles. The quantitative estimate of drug-likeness (QED) is 0.360. The van der Waals surface area contributed by atoms with E-state index < -0.39 is 10.0 Å². The summed E-state index contributed by atoms with van der Waals surface area (Å²) in [5.74, 6) is 1.07. The van der Waals surface area contributed by atoms with E-state index in [1.807, 2.05) is 36.8 Å². The number of hydrogen-bond acceptors (Lipinski definition) is 4. The molecule has 0 bridgehead atoms. The highest BCUT2D eigenvalue weighted by Crippen LogP contribution is 2.18. The molecule has 9 nitrogen and oxygen atoms in total. The normalized spacial score (nSPS) is 12.6. The zero-order chi connectivity index (χ0) is 21.6. The molecular formula is C19H33N7O2S. The first-order valence-electron chi connectivity index (χ1n) is 9.77. The Morgan fingerprint density at radius 3 is 2.62 bits per heavy atom. The van der Waals surface area contributed by atoms with Crippen LogP contribution < -0.4 is 10.0 Å². The number of aromatic nitrogens is 3. The van der Waals surface area contributed by atoms with E-state index in [2.05, 4.69) is 34.0 Å². The van der Waals surface area contributed by atoms with Crippen molar-refractivity contribution in [3.63, 3.8) is 0 Å². The highest BCUT2D eigenvalue weighted by molar-refractivity contribution is 7.89. The van der Waals surface area contributed by atoms with Gasteiger partial charge in [-0.1, -0.05) is 13.8 Å². The topological polar surface area (TPSA) is 96.5 Å². The van der Waals surface area contributed by atoms with E-state index >= 15 is 0 Å². The molecule has 0 amide bonds. The Labute approximate surface area is 173 Å². The maximum atomic E-state index is 12.3. The summed E-state index contributed by atoms with van der Waals surface area (Å²) in [6.45, 7) is 8.22. The smallest absolute Gasteiger partial charge is 0.242 e. The number of aliphatic imine (C=N–C) groups is 1. The monoisotopic (exact) mass is 423 g/mol. The number of nitrogens with one attached hydrogen (secondary N) is 2. The van der Waals surface area contributed by atoms with Crippen molar-refractivity contribution >= 4 is 16.0 Å². The summed E-state index contributed by atoms with van der Waals surface area (Å²) in [5, 5.41) is 7.81. The van der Waals surface area contributed by atoms with E-state index in [9.17, 15) is 8.42 Å². The number of rotatable bonds is 9. The van der Waals surface area contributed by atoms with Gasteiger partial charge < -0.3 is 14.8 Å². The van der Waals surface area contributed by atoms with Crippen molar-refractivity contribution in [2.75, 3.05) is 26.7 Å². The Morgan fingerprint density at radius 1 is 1.31 bits per heavy atom. The third kappa shape index (κ3) is 6.33. The lowest BCUT2D eigenvalue weighted by Crippen LogP contribution is -2.39. The molecule has 2 aromatic heterocycles. The summed E-state index contributed by atoms with van der Waals surface area (Å²) in [6.07, 6.45) is 5.31. The molecule has 2 heterocycles. The SMILES string of the molecule is CCNC(=NCCNS(=O)(=O)c1ccn(C)c1)N(C)Cc1cn(C)nc1C(C)C. The third-order valence-corrected chi connectivity index (χ3v) is 5.81. The van der Waals surface area contributed by atoms with Crippen LogP contribution in [0.25, 0.3) is 0 Å². The lowest BCUT2D eigenvalue weighted by atomic mass is 10.1. The minimum absolute atomic E-state index is 0.226. The molecule has 0 aliphatic rings. The molecular weight excluding hydrogens is 390 g/mol. The van der Waals surface area contributed by atoms with Crippen LogP contribution in [-0.2, 0) is 30.7 Å². The third-order valence-electron chi connectivity index (χ3n) is 4.37. The highest BCUT2D eigenvalue weighted by Gasteiger charge is 2.16. The van der Waals surface area contributed by atoms with E-state index in [4.69, 9.17) is 0 Å². The average Bonchev–Trinajstić information content (AvgIpc) is 3.23. The predicted octanol–water partition coefficient (Wildman–Crippen LogP) is 1.26. The molecule has 0 spiro atoms. The molecule has 2 N–H and O–H groups in total. The van der Waals surface area contributed by atoms with Crippen LogP contribution in [0.1, 0.15) is 37.9 Å². The van der Waals surface area contributed by atoms with Gasteiger partial charge in [-0.05, 0) is 18.9 Å². The fraction of sp³-hybridized carbons (Fsp3) is 0.579. The Kier molecular flexibility index (Phi) is 7.86. The first-order valence-corrected chi connectivity index (χ1v) is 11.3. The molecule has 0 saturated heterocycles. The van der Waals surface area contributed by atoms with E-state index in [1.165, 1.54) is 0 Å². The second-order valence-corrected chi connectivity index (χ2v) is 9.14. The number of guanidine groups is 1. The van der Waals surface area contributed by atoms with Crippen LogP contribution in [0.3, 0.4) is 0 Å². The van der Waals surface area contributed by atoms with Crippen molar-refractivity contribution in [2.24, 2.45) is 19.1 Å². The van der Waals surface area contributed by atoms with E-state index in [1.54, 1.807) is 30.1 Å². The van der Waals surface area contributed by atoms with Crippen LogP contribution in [0.5, 0.6) is 0 Å². The van der Waals surface area contributed by atoms with Crippen LogP contribution in [0, 0.1) is 0 Å². The van der Waals surface area contributed by atoms with Gasteiger partial charge in [0.05, 0.1) is 17.1 Å². The second kappa shape index (κ2) is 9.93. The van der Waals surface area contributed by atoms with Crippen LogP contribution in [-0.4, -0.2) is 60.3 Å².